The van der Waals surface area contributed by atoms with Crippen LogP contribution < -0.4 is 37.2 Å². The van der Waals surface area contributed by atoms with Gasteiger partial charge in [-0.15, -0.1) is 0 Å². The fourth-order valence-electron chi connectivity index (χ4n) is 0.227. The van der Waals surface area contributed by atoms with Crippen molar-refractivity contribution in [2.24, 2.45) is 0 Å². The average molecular weight is 217 g/mol. The van der Waals surface area contributed by atoms with Gasteiger partial charge in [0.05, 0.1) is 0 Å². The van der Waals surface area contributed by atoms with E-state index in [1.165, 1.54) is 0 Å². The van der Waals surface area contributed by atoms with Gasteiger partial charge in [0.25, 0.3) is 0 Å². The summed E-state index contributed by atoms with van der Waals surface area (Å²) in [6, 6.07) is 4.04. The molecule has 0 aliphatic carbocycles. The average Bonchev–Trinajstić information content (AvgIpc) is 1.76. The topological polar surface area (TPSA) is 0 Å². The maximum absolute atomic E-state index is 2.04. The van der Waals surface area contributed by atoms with Gasteiger partial charge in [-0.25, -0.2) is 0 Å². The summed E-state index contributed by atoms with van der Waals surface area (Å²) >= 11 is 1.71. The number of hydrogen-bond donors (Lipinski definition) is 0. The first-order valence-corrected chi connectivity index (χ1v) is 2.41. The van der Waals surface area contributed by atoms with E-state index in [1.807, 2.05) is 22.9 Å². The van der Waals surface area contributed by atoms with Crippen LogP contribution in [0.15, 0.2) is 22.9 Å². The molecule has 0 saturated heterocycles. The van der Waals surface area contributed by atoms with Crippen molar-refractivity contribution in [1.29, 1.82) is 0 Å². The van der Waals surface area contributed by atoms with E-state index in [4.69, 9.17) is 0 Å². The van der Waals surface area contributed by atoms with Crippen LogP contribution in [0.2, 0.25) is 0 Å². The van der Waals surface area contributed by atoms with E-state index >= 15 is 0 Å². The zero-order chi connectivity index (χ0) is 3.54. The number of halogens is 3. The summed E-state index contributed by atoms with van der Waals surface area (Å²) in [5.74, 6) is 0. The van der Waals surface area contributed by atoms with Crippen molar-refractivity contribution in [3.05, 3.63) is 22.9 Å². The predicted octanol–water partition coefficient (Wildman–Crippen LogP) is -7.62. The maximum Gasteiger partial charge on any atom is 3.00 e. The Balaban J connectivity index is -0.0000000312. The Morgan fingerprint density at radius 2 is 1.11 bits per heavy atom. The second kappa shape index (κ2) is 16.0. The first-order chi connectivity index (χ1) is 2.50. The summed E-state index contributed by atoms with van der Waals surface area (Å²) in [4.78, 5) is 0. The largest absolute Gasteiger partial charge is 3.00 e. The van der Waals surface area contributed by atoms with Crippen molar-refractivity contribution in [2.45, 2.75) is 0 Å². The minimum Gasteiger partial charge on any atom is -1.00 e. The van der Waals surface area contributed by atoms with Crippen LogP contribution >= 0.6 is 11.3 Å². The Morgan fingerprint density at radius 1 is 0.778 bits per heavy atom. The molecule has 0 amide bonds. The van der Waals surface area contributed by atoms with Crippen LogP contribution in [-0.4, -0.2) is 17.4 Å². The van der Waals surface area contributed by atoms with Crippen molar-refractivity contribution < 1.29 is 37.2 Å². The molecule has 0 aliphatic rings. The van der Waals surface area contributed by atoms with Gasteiger partial charge in [-0.1, -0.05) is 12.1 Å². The quantitative estimate of drug-likeness (QED) is 0.379. The van der Waals surface area contributed by atoms with E-state index in [-0.39, 0.29) is 54.6 Å². The molecule has 1 rings (SSSR count). The molecule has 1 heterocycles. The molecule has 0 radical (unpaired) electrons. The summed E-state index contributed by atoms with van der Waals surface area (Å²) in [7, 11) is 0. The Labute approximate surface area is 88.4 Å². The normalized spacial score (nSPS) is 4.44. The maximum atomic E-state index is 2.04. The minimum atomic E-state index is 0. The van der Waals surface area contributed by atoms with Gasteiger partial charge in [0.15, 0.2) is 0 Å². The number of thiophene rings is 1. The molecule has 9 heavy (non-hydrogen) atoms. The molecule has 5 heteroatoms. The van der Waals surface area contributed by atoms with Crippen molar-refractivity contribution >= 4 is 28.7 Å². The van der Waals surface area contributed by atoms with Crippen LogP contribution in [0, 0.1) is 0 Å². The summed E-state index contributed by atoms with van der Waals surface area (Å²) in [5, 5.41) is 4.08. The first-order valence-electron chi connectivity index (χ1n) is 1.47. The summed E-state index contributed by atoms with van der Waals surface area (Å²) < 4.78 is 0. The van der Waals surface area contributed by atoms with E-state index in [1.54, 1.807) is 11.3 Å². The van der Waals surface area contributed by atoms with Crippen LogP contribution in [-0.2, 0) is 0 Å². The van der Waals surface area contributed by atoms with Crippen LogP contribution in [0.3, 0.4) is 0 Å². The summed E-state index contributed by atoms with van der Waals surface area (Å²) in [5.41, 5.74) is 0. The third kappa shape index (κ3) is 12.3. The SMILES string of the molecule is [Al+3].[Cl-].[Cl-].[Cl-].c1ccsc1. The number of rotatable bonds is 0. The van der Waals surface area contributed by atoms with Crippen molar-refractivity contribution in [3.8, 4) is 0 Å². The zero-order valence-corrected chi connectivity index (χ0v) is 8.67. The first kappa shape index (κ1) is 22.5. The Bertz CT molecular complexity index is 72.3. The molecule has 0 fully saturated rings. The Hall–Kier alpha value is 1.10. The van der Waals surface area contributed by atoms with Gasteiger partial charge >= 0.3 is 17.4 Å². The van der Waals surface area contributed by atoms with Gasteiger partial charge in [0.2, 0.25) is 0 Å². The molecule has 0 spiro atoms. The Morgan fingerprint density at radius 3 is 1.22 bits per heavy atom. The molecule has 0 nitrogen and oxygen atoms in total. The van der Waals surface area contributed by atoms with Gasteiger partial charge in [0.1, 0.15) is 0 Å². The van der Waals surface area contributed by atoms with E-state index in [2.05, 4.69) is 0 Å². The monoisotopic (exact) mass is 216 g/mol. The molecule has 1 aromatic rings. The van der Waals surface area contributed by atoms with Gasteiger partial charge in [0, 0.05) is 0 Å². The van der Waals surface area contributed by atoms with Gasteiger partial charge < -0.3 is 37.2 Å². The third-order valence-corrected chi connectivity index (χ3v) is 1.05. The fraction of sp³-hybridized carbons (Fsp3) is 0. The van der Waals surface area contributed by atoms with Crippen molar-refractivity contribution in [3.63, 3.8) is 0 Å². The van der Waals surface area contributed by atoms with Crippen molar-refractivity contribution in [1.82, 2.24) is 0 Å². The van der Waals surface area contributed by atoms with E-state index in [0.29, 0.717) is 0 Å². The molecular formula is C4H4AlCl3S. The molecule has 0 aliphatic heterocycles. The minimum absolute atomic E-state index is 0. The predicted molar refractivity (Wildman–Crippen MR) is 30.1 cm³/mol. The third-order valence-electron chi connectivity index (χ3n) is 0.425. The molecule has 0 atom stereocenters. The number of hydrogen-bond acceptors (Lipinski definition) is 1. The standard InChI is InChI=1S/C4H4S.Al.3ClH/c1-2-4-5-3-1;;;;/h1-4H;;3*1H/q;+3;;;/p-3. The second-order valence-corrected chi connectivity index (χ2v) is 1.61. The second-order valence-electron chi connectivity index (χ2n) is 0.793. The smallest absolute Gasteiger partial charge is 1.00 e. The summed E-state index contributed by atoms with van der Waals surface area (Å²) in [6.07, 6.45) is 0. The molecule has 0 unspecified atom stereocenters. The molecule has 0 N–H and O–H groups in total. The Kier molecular flexibility index (Phi) is 40.1. The van der Waals surface area contributed by atoms with Crippen LogP contribution in [0.25, 0.3) is 0 Å². The van der Waals surface area contributed by atoms with Gasteiger partial charge in [-0.2, -0.15) is 11.3 Å². The fourth-order valence-corrected chi connectivity index (χ4v) is 0.680. The molecule has 0 saturated carbocycles. The van der Waals surface area contributed by atoms with E-state index in [0.717, 1.165) is 0 Å². The molecular weight excluding hydrogens is 213 g/mol. The molecule has 0 aromatic carbocycles. The van der Waals surface area contributed by atoms with Gasteiger partial charge in [-0.05, 0) is 10.8 Å². The van der Waals surface area contributed by atoms with Crippen molar-refractivity contribution in [2.75, 3.05) is 0 Å². The van der Waals surface area contributed by atoms with E-state index in [9.17, 15) is 0 Å². The van der Waals surface area contributed by atoms with Gasteiger partial charge in [-0.3, -0.25) is 0 Å². The molecule has 1 aromatic heterocycles. The molecule has 50 valence electrons. The van der Waals surface area contributed by atoms with Crippen LogP contribution in [0.5, 0.6) is 0 Å². The zero-order valence-electron chi connectivity index (χ0n) is 4.43. The van der Waals surface area contributed by atoms with Crippen LogP contribution in [0.1, 0.15) is 0 Å². The molecule has 0 bridgehead atoms. The van der Waals surface area contributed by atoms with E-state index < -0.39 is 0 Å². The van der Waals surface area contributed by atoms with Crippen LogP contribution in [0.4, 0.5) is 0 Å². The summed E-state index contributed by atoms with van der Waals surface area (Å²) in [6.45, 7) is 0.